The molecule has 1 saturated carbocycles. The van der Waals surface area contributed by atoms with E-state index in [1.807, 2.05) is 43.3 Å². The number of amides is 1. The SMILES string of the molecule is CN(C)c1nc(NC2CCC(CNC(=O)c3c(F)c(F)c(F)c(F)c3F)CC2)nc2ccccc12.O=C(O)C(F)(F)F. The largest absolute Gasteiger partial charge is 0.490 e. The number of nitrogens with zero attached hydrogens (tertiary/aromatic N) is 3. The van der Waals surface area contributed by atoms with Crippen molar-refractivity contribution < 1.29 is 49.8 Å². The topological polar surface area (TPSA) is 107 Å². The summed E-state index contributed by atoms with van der Waals surface area (Å²) in [5.74, 6) is -13.7. The quantitative estimate of drug-likeness (QED) is 0.195. The molecule has 1 heterocycles. The van der Waals surface area contributed by atoms with Gasteiger partial charge in [-0.05, 0) is 43.7 Å². The number of aromatic nitrogens is 2. The monoisotopic (exact) mass is 607 g/mol. The van der Waals surface area contributed by atoms with Crippen LogP contribution in [0.15, 0.2) is 24.3 Å². The molecule has 8 nitrogen and oxygen atoms in total. The summed E-state index contributed by atoms with van der Waals surface area (Å²) < 4.78 is 99.4. The van der Waals surface area contributed by atoms with Gasteiger partial charge in [0.1, 0.15) is 11.4 Å². The highest BCUT2D eigenvalue weighted by Gasteiger charge is 2.38. The average molecular weight is 608 g/mol. The summed E-state index contributed by atoms with van der Waals surface area (Å²) in [5, 5.41) is 13.7. The van der Waals surface area contributed by atoms with Crippen molar-refractivity contribution in [1.29, 1.82) is 0 Å². The fraction of sp³-hybridized carbons (Fsp3) is 0.385. The van der Waals surface area contributed by atoms with Gasteiger partial charge in [-0.3, -0.25) is 4.79 Å². The number of hydrogen-bond acceptors (Lipinski definition) is 6. The second kappa shape index (κ2) is 13.2. The van der Waals surface area contributed by atoms with E-state index in [2.05, 4.69) is 20.6 Å². The standard InChI is InChI=1S/C24H24F5N5O.C2HF3O2/c1-34(2)22-14-5-3-4-6-15(14)32-24(33-22)31-13-9-7-12(8-10-13)11-30-23(35)16-17(25)19(27)21(29)20(28)18(16)26;3-2(4,5)1(6)7/h3-6,12-13H,7-11H2,1-2H3,(H,30,35)(H,31,32,33);(H,6,7). The van der Waals surface area contributed by atoms with Crippen LogP contribution in [0.5, 0.6) is 0 Å². The Balaban J connectivity index is 0.000000616. The number of carbonyl (C=O) groups excluding carboxylic acids is 1. The molecular weight excluding hydrogens is 582 g/mol. The van der Waals surface area contributed by atoms with Crippen LogP contribution in [0.2, 0.25) is 0 Å². The number of fused-ring (bicyclic) bond motifs is 1. The van der Waals surface area contributed by atoms with Crippen molar-refractivity contribution in [2.24, 2.45) is 5.92 Å². The van der Waals surface area contributed by atoms with Crippen LogP contribution < -0.4 is 15.5 Å². The first-order valence-electron chi connectivity index (χ1n) is 12.4. The van der Waals surface area contributed by atoms with Crippen molar-refractivity contribution in [2.45, 2.75) is 37.9 Å². The maximum absolute atomic E-state index is 13.8. The van der Waals surface area contributed by atoms with Crippen LogP contribution in [0.3, 0.4) is 0 Å². The molecule has 228 valence electrons. The van der Waals surface area contributed by atoms with E-state index in [1.165, 1.54) is 0 Å². The molecule has 1 fully saturated rings. The molecule has 2 aromatic carbocycles. The van der Waals surface area contributed by atoms with Gasteiger partial charge in [0.15, 0.2) is 23.3 Å². The lowest BCUT2D eigenvalue weighted by molar-refractivity contribution is -0.192. The Morgan fingerprint density at radius 2 is 1.43 bits per heavy atom. The summed E-state index contributed by atoms with van der Waals surface area (Å²) in [6, 6.07) is 7.80. The van der Waals surface area contributed by atoms with Crippen molar-refractivity contribution in [3.8, 4) is 0 Å². The fourth-order valence-corrected chi connectivity index (χ4v) is 4.29. The molecule has 1 aliphatic carbocycles. The number of nitrogens with one attached hydrogen (secondary N) is 2. The third kappa shape index (κ3) is 7.53. The summed E-state index contributed by atoms with van der Waals surface area (Å²) in [5.41, 5.74) is -0.653. The minimum Gasteiger partial charge on any atom is -0.475 e. The number of carboxylic acids is 1. The van der Waals surface area contributed by atoms with Crippen LogP contribution in [0, 0.1) is 35.0 Å². The molecule has 0 saturated heterocycles. The third-order valence-electron chi connectivity index (χ3n) is 6.42. The molecule has 0 radical (unpaired) electrons. The molecule has 4 rings (SSSR count). The van der Waals surface area contributed by atoms with Gasteiger partial charge in [-0.25, -0.2) is 31.7 Å². The number of anilines is 2. The van der Waals surface area contributed by atoms with Crippen molar-refractivity contribution in [2.75, 3.05) is 30.9 Å². The molecule has 0 atom stereocenters. The van der Waals surface area contributed by atoms with Crippen LogP contribution >= 0.6 is 0 Å². The first kappa shape index (κ1) is 32.3. The normalized spacial score (nSPS) is 16.8. The van der Waals surface area contributed by atoms with Gasteiger partial charge in [-0.15, -0.1) is 0 Å². The van der Waals surface area contributed by atoms with E-state index in [-0.39, 0.29) is 18.5 Å². The van der Waals surface area contributed by atoms with Gasteiger partial charge in [0.25, 0.3) is 5.91 Å². The second-order valence-electron chi connectivity index (χ2n) is 9.60. The van der Waals surface area contributed by atoms with E-state index >= 15 is 0 Å². The van der Waals surface area contributed by atoms with E-state index in [1.54, 1.807) is 0 Å². The van der Waals surface area contributed by atoms with Gasteiger partial charge in [0.05, 0.1) is 5.52 Å². The highest BCUT2D eigenvalue weighted by molar-refractivity contribution is 5.95. The van der Waals surface area contributed by atoms with Crippen molar-refractivity contribution in [3.63, 3.8) is 0 Å². The number of halogens is 8. The smallest absolute Gasteiger partial charge is 0.475 e. The summed E-state index contributed by atoms with van der Waals surface area (Å²) >= 11 is 0. The lowest BCUT2D eigenvalue weighted by atomic mass is 9.86. The van der Waals surface area contributed by atoms with Crippen molar-refractivity contribution in [1.82, 2.24) is 15.3 Å². The van der Waals surface area contributed by atoms with Gasteiger partial charge >= 0.3 is 12.1 Å². The van der Waals surface area contributed by atoms with Gasteiger partial charge < -0.3 is 20.6 Å². The average Bonchev–Trinajstić information content (AvgIpc) is 2.94. The Bertz CT molecular complexity index is 1430. The zero-order valence-electron chi connectivity index (χ0n) is 22.1. The molecule has 16 heteroatoms. The zero-order valence-corrected chi connectivity index (χ0v) is 22.1. The predicted octanol–water partition coefficient (Wildman–Crippen LogP) is 5.43. The minimum absolute atomic E-state index is 0.00637. The van der Waals surface area contributed by atoms with E-state index in [4.69, 9.17) is 9.90 Å². The van der Waals surface area contributed by atoms with Crippen LogP contribution in [-0.4, -0.2) is 59.8 Å². The number of hydrogen-bond donors (Lipinski definition) is 3. The van der Waals surface area contributed by atoms with Gasteiger partial charge in [-0.2, -0.15) is 18.2 Å². The maximum atomic E-state index is 13.8. The van der Waals surface area contributed by atoms with Crippen LogP contribution in [0.25, 0.3) is 10.9 Å². The maximum Gasteiger partial charge on any atom is 0.490 e. The lowest BCUT2D eigenvalue weighted by Gasteiger charge is -2.29. The van der Waals surface area contributed by atoms with E-state index < -0.39 is 52.7 Å². The zero-order chi connectivity index (χ0) is 31.4. The minimum atomic E-state index is -5.08. The molecule has 3 aromatic rings. The predicted molar refractivity (Wildman–Crippen MR) is 135 cm³/mol. The number of aliphatic carboxylic acids is 1. The Hall–Kier alpha value is -4.24. The highest BCUT2D eigenvalue weighted by Crippen LogP contribution is 2.29. The molecule has 3 N–H and O–H groups in total. The van der Waals surface area contributed by atoms with Gasteiger partial charge in [0.2, 0.25) is 11.8 Å². The molecule has 42 heavy (non-hydrogen) atoms. The first-order valence-corrected chi connectivity index (χ1v) is 12.4. The Morgan fingerprint density at radius 3 is 1.95 bits per heavy atom. The van der Waals surface area contributed by atoms with E-state index in [0.29, 0.717) is 18.8 Å². The Morgan fingerprint density at radius 1 is 0.905 bits per heavy atom. The summed E-state index contributed by atoms with van der Waals surface area (Å²) in [4.78, 5) is 32.2. The third-order valence-corrected chi connectivity index (χ3v) is 6.42. The summed E-state index contributed by atoms with van der Waals surface area (Å²) in [7, 11) is 3.81. The number of benzene rings is 2. The van der Waals surface area contributed by atoms with Crippen LogP contribution in [0.4, 0.5) is 46.9 Å². The van der Waals surface area contributed by atoms with Gasteiger partial charge in [0, 0.05) is 32.1 Å². The van der Waals surface area contributed by atoms with Gasteiger partial charge in [-0.1, -0.05) is 12.1 Å². The van der Waals surface area contributed by atoms with E-state index in [9.17, 15) is 39.9 Å². The Kier molecular flexibility index (Phi) is 10.1. The second-order valence-corrected chi connectivity index (χ2v) is 9.60. The van der Waals surface area contributed by atoms with E-state index in [0.717, 1.165) is 29.6 Å². The molecule has 1 amide bonds. The number of carbonyl (C=O) groups is 2. The fourth-order valence-electron chi connectivity index (χ4n) is 4.29. The number of rotatable bonds is 6. The van der Waals surface area contributed by atoms with Crippen molar-refractivity contribution in [3.05, 3.63) is 58.9 Å². The van der Waals surface area contributed by atoms with Crippen molar-refractivity contribution >= 4 is 34.5 Å². The summed E-state index contributed by atoms with van der Waals surface area (Å²) in [6.07, 6.45) is -2.25. The molecule has 1 aromatic heterocycles. The number of para-hydroxylation sites is 1. The molecule has 0 bridgehead atoms. The molecule has 0 unspecified atom stereocenters. The van der Waals surface area contributed by atoms with Crippen LogP contribution in [-0.2, 0) is 4.79 Å². The number of carboxylic acid groups (broad SMARTS) is 1. The van der Waals surface area contributed by atoms with Crippen LogP contribution in [0.1, 0.15) is 36.0 Å². The Labute approximate surface area is 233 Å². The number of alkyl halides is 3. The molecule has 0 spiro atoms. The first-order chi connectivity index (χ1) is 19.6. The molecule has 0 aliphatic heterocycles. The summed E-state index contributed by atoms with van der Waals surface area (Å²) in [6.45, 7) is 0.0578. The molecular formula is C26H25F8N5O3. The highest BCUT2D eigenvalue weighted by atomic mass is 19.4. The lowest BCUT2D eigenvalue weighted by Crippen LogP contribution is -2.35. The molecule has 1 aliphatic rings.